The lowest BCUT2D eigenvalue weighted by molar-refractivity contribution is -0.118. The third kappa shape index (κ3) is 1.64. The molecule has 3 rings (SSSR count). The minimum Gasteiger partial charge on any atom is -0.272 e. The summed E-state index contributed by atoms with van der Waals surface area (Å²) >= 11 is 0. The van der Waals surface area contributed by atoms with Crippen LogP contribution in [0.1, 0.15) is 23.6 Å². The summed E-state index contributed by atoms with van der Waals surface area (Å²) in [5.74, 6) is -0.450. The zero-order valence-corrected chi connectivity index (χ0v) is 9.90. The fourth-order valence-corrected chi connectivity index (χ4v) is 3.88. The second-order valence-corrected chi connectivity index (χ2v) is 5.95. The number of aryl methyl sites for hydroxylation is 1. The van der Waals surface area contributed by atoms with E-state index in [9.17, 15) is 13.2 Å². The highest BCUT2D eigenvalue weighted by Gasteiger charge is 2.41. The molecular weight excluding hydrogens is 240 g/mol. The lowest BCUT2D eigenvalue weighted by atomic mass is 10.1. The van der Waals surface area contributed by atoms with E-state index >= 15 is 0 Å². The summed E-state index contributed by atoms with van der Waals surface area (Å²) in [6, 6.07) is 7.59. The normalized spacial score (nSPS) is 26.8. The predicted molar refractivity (Wildman–Crippen MR) is 61.3 cm³/mol. The largest absolute Gasteiger partial charge is 0.304 e. The number of nitrogens with zero attached hydrogens (tertiary/aromatic N) is 1. The molecule has 1 aromatic rings. The first-order valence-electron chi connectivity index (χ1n) is 5.48. The summed E-state index contributed by atoms with van der Waals surface area (Å²) in [5, 5.41) is 0. The van der Waals surface area contributed by atoms with E-state index in [1.807, 2.05) is 29.0 Å². The topological polar surface area (TPSA) is 66.5 Å². The molecule has 0 spiro atoms. The average Bonchev–Trinajstić information content (AvgIpc) is 2.78. The Morgan fingerprint density at radius 1 is 1.29 bits per heavy atom. The third-order valence-corrected chi connectivity index (χ3v) is 4.79. The maximum atomic E-state index is 11.8. The molecule has 0 saturated carbocycles. The van der Waals surface area contributed by atoms with Gasteiger partial charge in [-0.1, -0.05) is 24.3 Å². The van der Waals surface area contributed by atoms with Gasteiger partial charge in [-0.25, -0.2) is 4.72 Å². The van der Waals surface area contributed by atoms with Gasteiger partial charge in [0.15, 0.2) is 0 Å². The number of hydrogen-bond donors (Lipinski definition) is 1. The van der Waals surface area contributed by atoms with E-state index in [1.165, 1.54) is 9.87 Å². The standard InChI is InChI=1S/C11H12N2O3S/c14-11-7-13(17(15,16)12-11)10-6-5-8-3-1-2-4-9(8)10/h1-4,10H,5-7H2,(H,12,14). The second kappa shape index (κ2) is 3.54. The first-order valence-corrected chi connectivity index (χ1v) is 6.92. The van der Waals surface area contributed by atoms with Gasteiger partial charge in [0.1, 0.15) is 0 Å². The van der Waals surface area contributed by atoms with Crippen molar-refractivity contribution < 1.29 is 13.2 Å². The fourth-order valence-electron chi connectivity index (χ4n) is 2.57. The zero-order valence-electron chi connectivity index (χ0n) is 9.09. The molecule has 1 atom stereocenters. The quantitative estimate of drug-likeness (QED) is 0.784. The van der Waals surface area contributed by atoms with Crippen molar-refractivity contribution in [1.29, 1.82) is 0 Å². The molecule has 1 heterocycles. The first-order chi connectivity index (χ1) is 8.08. The molecule has 1 unspecified atom stereocenters. The molecule has 0 aromatic heterocycles. The maximum absolute atomic E-state index is 11.8. The molecule has 2 aliphatic rings. The Bertz CT molecular complexity index is 582. The number of hydrogen-bond acceptors (Lipinski definition) is 3. The molecule has 5 nitrogen and oxygen atoms in total. The van der Waals surface area contributed by atoms with Gasteiger partial charge in [0.25, 0.3) is 0 Å². The number of rotatable bonds is 1. The zero-order chi connectivity index (χ0) is 12.0. The van der Waals surface area contributed by atoms with Gasteiger partial charge in [-0.2, -0.15) is 12.7 Å². The number of carbonyl (C=O) groups is 1. The van der Waals surface area contributed by atoms with Gasteiger partial charge in [0.05, 0.1) is 12.6 Å². The summed E-state index contributed by atoms with van der Waals surface area (Å²) in [5.41, 5.74) is 2.19. The van der Waals surface area contributed by atoms with Gasteiger partial charge < -0.3 is 0 Å². The Morgan fingerprint density at radius 3 is 2.76 bits per heavy atom. The summed E-state index contributed by atoms with van der Waals surface area (Å²) in [4.78, 5) is 11.2. The van der Waals surface area contributed by atoms with E-state index in [0.29, 0.717) is 0 Å². The fraction of sp³-hybridized carbons (Fsp3) is 0.364. The van der Waals surface area contributed by atoms with Gasteiger partial charge in [-0.15, -0.1) is 0 Å². The van der Waals surface area contributed by atoms with Gasteiger partial charge in [-0.3, -0.25) is 4.79 Å². The monoisotopic (exact) mass is 252 g/mol. The summed E-state index contributed by atoms with van der Waals surface area (Å²) < 4.78 is 26.8. The Morgan fingerprint density at radius 2 is 2.06 bits per heavy atom. The average molecular weight is 252 g/mol. The van der Waals surface area contributed by atoms with Crippen LogP contribution in [0.2, 0.25) is 0 Å². The molecule has 1 N–H and O–H groups in total. The molecule has 1 aromatic carbocycles. The minimum atomic E-state index is -3.63. The van der Waals surface area contributed by atoms with E-state index in [2.05, 4.69) is 0 Å². The predicted octanol–water partition coefficient (Wildman–Crippen LogP) is 0.351. The molecule has 1 fully saturated rings. The molecule has 90 valence electrons. The van der Waals surface area contributed by atoms with Crippen LogP contribution in [0.25, 0.3) is 0 Å². The highest BCUT2D eigenvalue weighted by atomic mass is 32.2. The lowest BCUT2D eigenvalue weighted by Gasteiger charge is -2.21. The van der Waals surface area contributed by atoms with Crippen molar-refractivity contribution >= 4 is 16.1 Å². The number of carbonyl (C=O) groups excluding carboxylic acids is 1. The van der Waals surface area contributed by atoms with Gasteiger partial charge in [-0.05, 0) is 24.0 Å². The summed E-state index contributed by atoms with van der Waals surface area (Å²) in [7, 11) is -3.63. The van der Waals surface area contributed by atoms with Crippen LogP contribution >= 0.6 is 0 Å². The molecule has 1 saturated heterocycles. The Hall–Kier alpha value is -1.40. The van der Waals surface area contributed by atoms with E-state index in [1.54, 1.807) is 0 Å². The lowest BCUT2D eigenvalue weighted by Crippen LogP contribution is -2.32. The third-order valence-electron chi connectivity index (χ3n) is 3.30. The molecular formula is C11H12N2O3S. The highest BCUT2D eigenvalue weighted by molar-refractivity contribution is 7.88. The van der Waals surface area contributed by atoms with Gasteiger partial charge in [0.2, 0.25) is 5.91 Å². The highest BCUT2D eigenvalue weighted by Crippen LogP contribution is 2.37. The van der Waals surface area contributed by atoms with Crippen molar-refractivity contribution in [2.75, 3.05) is 6.54 Å². The SMILES string of the molecule is O=C1CN(C2CCc3ccccc32)S(=O)(=O)N1. The van der Waals surface area contributed by atoms with Crippen molar-refractivity contribution in [3.05, 3.63) is 35.4 Å². The van der Waals surface area contributed by atoms with Crippen LogP contribution in [-0.4, -0.2) is 25.2 Å². The van der Waals surface area contributed by atoms with Crippen molar-refractivity contribution in [2.24, 2.45) is 0 Å². The van der Waals surface area contributed by atoms with E-state index in [-0.39, 0.29) is 12.6 Å². The molecule has 1 aliphatic heterocycles. The molecule has 6 heteroatoms. The van der Waals surface area contributed by atoms with Crippen LogP contribution < -0.4 is 4.72 Å². The van der Waals surface area contributed by atoms with Crippen LogP contribution in [0.15, 0.2) is 24.3 Å². The number of fused-ring (bicyclic) bond motifs is 1. The summed E-state index contributed by atoms with van der Waals surface area (Å²) in [6.07, 6.45) is 1.61. The van der Waals surface area contributed by atoms with Crippen LogP contribution in [0.4, 0.5) is 0 Å². The second-order valence-electron chi connectivity index (χ2n) is 4.33. The molecule has 1 aliphatic carbocycles. The van der Waals surface area contributed by atoms with Crippen LogP contribution in [-0.2, 0) is 21.4 Å². The van der Waals surface area contributed by atoms with E-state index in [4.69, 9.17) is 0 Å². The minimum absolute atomic E-state index is 0.0681. The van der Waals surface area contributed by atoms with Gasteiger partial charge >= 0.3 is 10.2 Å². The Labute approximate surface area is 99.6 Å². The van der Waals surface area contributed by atoms with Crippen molar-refractivity contribution in [2.45, 2.75) is 18.9 Å². The maximum Gasteiger partial charge on any atom is 0.304 e. The van der Waals surface area contributed by atoms with Crippen LogP contribution in [0.3, 0.4) is 0 Å². The van der Waals surface area contributed by atoms with Crippen molar-refractivity contribution in [1.82, 2.24) is 9.03 Å². The Kier molecular flexibility index (Phi) is 2.24. The molecule has 17 heavy (non-hydrogen) atoms. The molecule has 1 amide bonds. The van der Waals surface area contributed by atoms with E-state index < -0.39 is 16.1 Å². The summed E-state index contributed by atoms with van der Waals surface area (Å²) in [6.45, 7) is -0.0681. The molecule has 0 radical (unpaired) electrons. The van der Waals surface area contributed by atoms with Gasteiger partial charge in [0, 0.05) is 0 Å². The number of amides is 1. The van der Waals surface area contributed by atoms with Crippen molar-refractivity contribution in [3.63, 3.8) is 0 Å². The Balaban J connectivity index is 2.00. The van der Waals surface area contributed by atoms with E-state index in [0.717, 1.165) is 18.4 Å². The number of benzene rings is 1. The molecule has 0 bridgehead atoms. The smallest absolute Gasteiger partial charge is 0.272 e. The van der Waals surface area contributed by atoms with Crippen LogP contribution in [0.5, 0.6) is 0 Å². The van der Waals surface area contributed by atoms with Crippen molar-refractivity contribution in [3.8, 4) is 0 Å². The first kappa shape index (κ1) is 10.7. The van der Waals surface area contributed by atoms with Crippen LogP contribution in [0, 0.1) is 0 Å². The number of nitrogens with one attached hydrogen (secondary N) is 1.